The zero-order valence-corrected chi connectivity index (χ0v) is 13.5. The Bertz CT molecular complexity index is 575. The van der Waals surface area contributed by atoms with Crippen molar-refractivity contribution in [2.24, 2.45) is 5.10 Å². The van der Waals surface area contributed by atoms with Gasteiger partial charge in [-0.05, 0) is 31.7 Å². The highest BCUT2D eigenvalue weighted by molar-refractivity contribution is 6.01. The zero-order chi connectivity index (χ0) is 15.2. The lowest BCUT2D eigenvalue weighted by atomic mass is 9.96. The maximum atomic E-state index is 4.81. The largest absolute Gasteiger partial charge is 0.307 e. The third kappa shape index (κ3) is 4.09. The first-order valence-electron chi connectivity index (χ1n) is 8.55. The third-order valence-corrected chi connectivity index (χ3v) is 4.61. The monoisotopic (exact) mass is 294 g/mol. The van der Waals surface area contributed by atoms with E-state index < -0.39 is 0 Å². The predicted octanol–water partition coefficient (Wildman–Crippen LogP) is 4.98. The van der Waals surface area contributed by atoms with E-state index in [0.717, 1.165) is 12.8 Å². The van der Waals surface area contributed by atoms with E-state index in [2.05, 4.69) is 54.8 Å². The van der Waals surface area contributed by atoms with Crippen LogP contribution in [0.25, 0.3) is 0 Å². The second-order valence-electron chi connectivity index (χ2n) is 6.52. The molecule has 0 aromatic heterocycles. The Morgan fingerprint density at radius 1 is 1.14 bits per heavy atom. The second-order valence-corrected chi connectivity index (χ2v) is 6.52. The first-order valence-corrected chi connectivity index (χ1v) is 8.55. The molecule has 0 saturated heterocycles. The summed E-state index contributed by atoms with van der Waals surface area (Å²) >= 11 is 0. The quantitative estimate of drug-likeness (QED) is 0.601. The number of nitrogens with one attached hydrogen (secondary N) is 1. The molecule has 116 valence electrons. The van der Waals surface area contributed by atoms with E-state index in [-0.39, 0.29) is 0 Å². The molecule has 2 aliphatic rings. The molecule has 1 aromatic rings. The minimum absolute atomic E-state index is 0.560. The van der Waals surface area contributed by atoms with Gasteiger partial charge in [-0.25, -0.2) is 0 Å². The third-order valence-electron chi connectivity index (χ3n) is 4.61. The van der Waals surface area contributed by atoms with Crippen molar-refractivity contribution < 1.29 is 0 Å². The molecule has 0 radical (unpaired) electrons. The van der Waals surface area contributed by atoms with Crippen molar-refractivity contribution in [3.63, 3.8) is 0 Å². The van der Waals surface area contributed by atoms with E-state index in [1.807, 2.05) is 0 Å². The van der Waals surface area contributed by atoms with Crippen molar-refractivity contribution in [1.82, 2.24) is 5.43 Å². The molecule has 0 aliphatic heterocycles. The van der Waals surface area contributed by atoms with Crippen LogP contribution >= 0.6 is 0 Å². The molecule has 1 N–H and O–H groups in total. The number of hydrogen-bond donors (Lipinski definition) is 1. The van der Waals surface area contributed by atoms with Gasteiger partial charge in [0.1, 0.15) is 0 Å². The van der Waals surface area contributed by atoms with Gasteiger partial charge in [0.15, 0.2) is 0 Å². The lowest BCUT2D eigenvalue weighted by molar-refractivity contribution is 0.380. The molecule has 0 amide bonds. The van der Waals surface area contributed by atoms with Crippen LogP contribution in [0.5, 0.6) is 0 Å². The Hall–Kier alpha value is -1.83. The second kappa shape index (κ2) is 7.44. The molecule has 2 heteroatoms. The van der Waals surface area contributed by atoms with Gasteiger partial charge < -0.3 is 5.43 Å². The molecule has 1 aromatic carbocycles. The highest BCUT2D eigenvalue weighted by Gasteiger charge is 2.14. The highest BCUT2D eigenvalue weighted by Crippen LogP contribution is 2.22. The average molecular weight is 294 g/mol. The molecule has 2 aliphatic carbocycles. The van der Waals surface area contributed by atoms with Crippen LogP contribution in [0.3, 0.4) is 0 Å². The highest BCUT2D eigenvalue weighted by atomic mass is 15.3. The summed E-state index contributed by atoms with van der Waals surface area (Å²) in [7, 11) is 0. The molecular weight excluding hydrogens is 268 g/mol. The number of rotatable bonds is 5. The first kappa shape index (κ1) is 15.1. The maximum absolute atomic E-state index is 4.81. The Balaban J connectivity index is 1.72. The van der Waals surface area contributed by atoms with Crippen LogP contribution in [0.1, 0.15) is 57.4 Å². The number of nitrogens with zero attached hydrogens (tertiary/aromatic N) is 1. The van der Waals surface area contributed by atoms with Crippen LogP contribution in [0, 0.1) is 0 Å². The molecule has 0 spiro atoms. The Kier molecular flexibility index (Phi) is 5.10. The summed E-state index contributed by atoms with van der Waals surface area (Å²) in [5, 5.41) is 4.81. The van der Waals surface area contributed by atoms with Gasteiger partial charge in [-0.15, -0.1) is 0 Å². The average Bonchev–Trinajstić information content (AvgIpc) is 2.98. The van der Waals surface area contributed by atoms with Gasteiger partial charge in [-0.1, -0.05) is 72.9 Å². The van der Waals surface area contributed by atoms with Gasteiger partial charge in [0.25, 0.3) is 0 Å². The molecule has 2 nitrogen and oxygen atoms in total. The van der Waals surface area contributed by atoms with Crippen LogP contribution in [-0.4, -0.2) is 11.8 Å². The van der Waals surface area contributed by atoms with Crippen molar-refractivity contribution in [1.29, 1.82) is 0 Å². The standard InChI is InChI=1S/C20H26N2/c1-16-12-13-17(14-16)15-20(18-8-4-2-5-9-18)22-21-19-10-6-3-7-11-19/h2,4-5,8-9,12,14,19,21H,3,6-7,10-11,13,15H2,1H3. The fourth-order valence-electron chi connectivity index (χ4n) is 3.31. The van der Waals surface area contributed by atoms with Crippen LogP contribution in [0.15, 0.2) is 58.7 Å². The molecule has 0 bridgehead atoms. The van der Waals surface area contributed by atoms with Gasteiger partial charge in [-0.3, -0.25) is 0 Å². The Morgan fingerprint density at radius 3 is 2.59 bits per heavy atom. The lowest BCUT2D eigenvalue weighted by Gasteiger charge is -2.21. The van der Waals surface area contributed by atoms with E-state index in [4.69, 9.17) is 5.10 Å². The fraction of sp³-hybridized carbons (Fsp3) is 0.450. The van der Waals surface area contributed by atoms with Crippen molar-refractivity contribution in [2.45, 2.75) is 57.9 Å². The molecule has 1 fully saturated rings. The zero-order valence-electron chi connectivity index (χ0n) is 13.5. The van der Waals surface area contributed by atoms with Crippen LogP contribution in [0.4, 0.5) is 0 Å². The van der Waals surface area contributed by atoms with Gasteiger partial charge in [-0.2, -0.15) is 5.10 Å². The van der Waals surface area contributed by atoms with E-state index in [1.54, 1.807) is 0 Å². The SMILES string of the molecule is CC1=CCC(CC(=NNC2CCCCC2)c2ccccc2)=C1. The summed E-state index contributed by atoms with van der Waals surface area (Å²) in [6.45, 7) is 2.17. The smallest absolute Gasteiger partial charge is 0.0715 e. The van der Waals surface area contributed by atoms with Crippen LogP contribution in [-0.2, 0) is 0 Å². The van der Waals surface area contributed by atoms with E-state index >= 15 is 0 Å². The summed E-state index contributed by atoms with van der Waals surface area (Å²) < 4.78 is 0. The number of allylic oxidation sites excluding steroid dienone is 4. The van der Waals surface area contributed by atoms with Crippen molar-refractivity contribution in [3.8, 4) is 0 Å². The molecule has 1 saturated carbocycles. The van der Waals surface area contributed by atoms with E-state index in [1.165, 1.54) is 54.5 Å². The molecule has 0 unspecified atom stereocenters. The summed E-state index contributed by atoms with van der Waals surface area (Å²) in [6, 6.07) is 11.1. The van der Waals surface area contributed by atoms with Crippen molar-refractivity contribution >= 4 is 5.71 Å². The predicted molar refractivity (Wildman–Crippen MR) is 94.1 cm³/mol. The minimum Gasteiger partial charge on any atom is -0.307 e. The molecule has 22 heavy (non-hydrogen) atoms. The Morgan fingerprint density at radius 2 is 1.91 bits per heavy atom. The van der Waals surface area contributed by atoms with Gasteiger partial charge in [0.05, 0.1) is 5.71 Å². The van der Waals surface area contributed by atoms with E-state index in [0.29, 0.717) is 6.04 Å². The first-order chi connectivity index (χ1) is 10.8. The van der Waals surface area contributed by atoms with Gasteiger partial charge in [0.2, 0.25) is 0 Å². The topological polar surface area (TPSA) is 24.4 Å². The van der Waals surface area contributed by atoms with Gasteiger partial charge in [0, 0.05) is 12.5 Å². The lowest BCUT2D eigenvalue weighted by Crippen LogP contribution is -2.28. The van der Waals surface area contributed by atoms with Crippen molar-refractivity contribution in [2.75, 3.05) is 0 Å². The molecule has 3 rings (SSSR count). The van der Waals surface area contributed by atoms with Crippen molar-refractivity contribution in [3.05, 3.63) is 59.2 Å². The molecule has 0 heterocycles. The van der Waals surface area contributed by atoms with Gasteiger partial charge >= 0.3 is 0 Å². The molecule has 0 atom stereocenters. The summed E-state index contributed by atoms with van der Waals surface area (Å²) in [6.07, 6.45) is 13.2. The number of hydrazone groups is 1. The Labute approximate surface area is 134 Å². The summed E-state index contributed by atoms with van der Waals surface area (Å²) in [5.74, 6) is 0. The number of hydrogen-bond acceptors (Lipinski definition) is 2. The summed E-state index contributed by atoms with van der Waals surface area (Å²) in [4.78, 5) is 0. The van der Waals surface area contributed by atoms with Crippen LogP contribution in [0.2, 0.25) is 0 Å². The molecular formula is C20H26N2. The summed E-state index contributed by atoms with van der Waals surface area (Å²) in [5.41, 5.74) is 8.69. The van der Waals surface area contributed by atoms with E-state index in [9.17, 15) is 0 Å². The van der Waals surface area contributed by atoms with Crippen LogP contribution < -0.4 is 5.43 Å². The maximum Gasteiger partial charge on any atom is 0.0715 e. The normalized spacial score (nSPS) is 19.8. The minimum atomic E-state index is 0.560. The fourth-order valence-corrected chi connectivity index (χ4v) is 3.31. The number of benzene rings is 1.